The van der Waals surface area contributed by atoms with Crippen LogP contribution in [0.2, 0.25) is 0 Å². The monoisotopic (exact) mass is 321 g/mol. The summed E-state index contributed by atoms with van der Waals surface area (Å²) >= 11 is 0. The molecule has 2 rings (SSSR count). The van der Waals surface area contributed by atoms with Crippen molar-refractivity contribution in [1.29, 1.82) is 0 Å². The number of hydrogen-bond donors (Lipinski definition) is 0. The summed E-state index contributed by atoms with van der Waals surface area (Å²) in [5, 5.41) is 0. The van der Waals surface area contributed by atoms with E-state index < -0.39 is 0 Å². The molecular weight excluding hydrogens is 291 g/mol. The Balaban J connectivity index is 0.000000364. The molecule has 0 heterocycles. The quantitative estimate of drug-likeness (QED) is 0.464. The molecule has 0 aliphatic heterocycles. The smallest absolute Gasteiger partial charge is 0.263 e. The molecule has 0 aromatic heterocycles. The average Bonchev–Trinajstić information content (AvgIpc) is 2.60. The van der Waals surface area contributed by atoms with Gasteiger partial charge in [0.25, 0.3) is 0 Å². The van der Waals surface area contributed by atoms with Gasteiger partial charge in [0.15, 0.2) is 0 Å². The summed E-state index contributed by atoms with van der Waals surface area (Å²) in [6, 6.07) is 0. The molecule has 0 nitrogen and oxygen atoms in total. The Morgan fingerprint density at radius 3 is 0.857 bits per heavy atom. The van der Waals surface area contributed by atoms with Crippen LogP contribution in [-0.4, -0.2) is 0 Å². The molecule has 0 aromatic carbocycles. The fourth-order valence-electron chi connectivity index (χ4n) is 2.81. The van der Waals surface area contributed by atoms with Crippen LogP contribution in [0.5, 0.6) is 0 Å². The molecule has 115 valence electrons. The van der Waals surface area contributed by atoms with Crippen LogP contribution in [0.1, 0.15) is 69.2 Å². The van der Waals surface area contributed by atoms with Crippen molar-refractivity contribution in [2.24, 2.45) is 10.8 Å². The van der Waals surface area contributed by atoms with Crippen LogP contribution >= 0.6 is 0 Å². The second-order valence-corrected chi connectivity index (χ2v) is 7.25. The van der Waals surface area contributed by atoms with Crippen molar-refractivity contribution < 1.29 is 18.6 Å². The van der Waals surface area contributed by atoms with Gasteiger partial charge in [0.1, 0.15) is 0 Å². The Labute approximate surface area is 144 Å². The first-order valence-electron chi connectivity index (χ1n) is 7.50. The van der Waals surface area contributed by atoms with Gasteiger partial charge < -0.3 is 0 Å². The van der Waals surface area contributed by atoms with Gasteiger partial charge in [0.05, 0.1) is 0 Å². The zero-order valence-electron chi connectivity index (χ0n) is 15.4. The second-order valence-electron chi connectivity index (χ2n) is 7.25. The topological polar surface area (TPSA) is 0 Å². The van der Waals surface area contributed by atoms with Gasteiger partial charge in [-0.2, -0.15) is 22.3 Å². The molecule has 0 atom stereocenters. The molecule has 0 fully saturated rings. The van der Waals surface area contributed by atoms with Gasteiger partial charge in [0, 0.05) is 0 Å². The molecule has 0 N–H and O–H groups in total. The fourth-order valence-corrected chi connectivity index (χ4v) is 2.81. The van der Waals surface area contributed by atoms with Crippen molar-refractivity contribution in [2.45, 2.75) is 69.2 Å². The summed E-state index contributed by atoms with van der Waals surface area (Å²) in [7, 11) is 0. The van der Waals surface area contributed by atoms with Crippen molar-refractivity contribution in [3.8, 4) is 0 Å². The molecule has 1 radical (unpaired) electrons. The first-order valence-corrected chi connectivity index (χ1v) is 7.50. The van der Waals surface area contributed by atoms with Crippen molar-refractivity contribution >= 4 is 0 Å². The summed E-state index contributed by atoms with van der Waals surface area (Å²) in [6.07, 6.45) is 6.87. The van der Waals surface area contributed by atoms with Gasteiger partial charge in [-0.15, -0.1) is 13.8 Å². The van der Waals surface area contributed by atoms with E-state index in [9.17, 15) is 0 Å². The Morgan fingerprint density at radius 2 is 0.810 bits per heavy atom. The maximum atomic E-state index is 3.44. The van der Waals surface area contributed by atoms with Crippen molar-refractivity contribution in [3.63, 3.8) is 0 Å². The van der Waals surface area contributed by atoms with Crippen molar-refractivity contribution in [2.75, 3.05) is 0 Å². The van der Waals surface area contributed by atoms with Crippen LogP contribution in [0.4, 0.5) is 0 Å². The molecule has 0 saturated carbocycles. The molecule has 2 aliphatic carbocycles. The Bertz CT molecular complexity index is 484. The zero-order valence-corrected chi connectivity index (χ0v) is 16.8. The maximum Gasteiger partial charge on any atom is 2.00 e. The molecule has 0 bridgehead atoms. The molecule has 2 aliphatic rings. The van der Waals surface area contributed by atoms with E-state index in [1.54, 1.807) is 0 Å². The van der Waals surface area contributed by atoms with Gasteiger partial charge in [-0.3, -0.25) is 12.2 Å². The van der Waals surface area contributed by atoms with Gasteiger partial charge in [0.2, 0.25) is 0 Å². The van der Waals surface area contributed by atoms with E-state index in [2.05, 4.69) is 81.4 Å². The van der Waals surface area contributed by atoms with E-state index >= 15 is 0 Å². The Morgan fingerprint density at radius 1 is 0.571 bits per heavy atom. The molecule has 0 aromatic rings. The predicted molar refractivity (Wildman–Crippen MR) is 89.2 cm³/mol. The largest absolute Gasteiger partial charge is 2.00 e. The van der Waals surface area contributed by atoms with Crippen LogP contribution in [0.25, 0.3) is 0 Å². The molecule has 0 unspecified atom stereocenters. The van der Waals surface area contributed by atoms with E-state index in [0.717, 1.165) is 0 Å². The summed E-state index contributed by atoms with van der Waals surface area (Å²) in [5.74, 6) is 0. The van der Waals surface area contributed by atoms with Crippen molar-refractivity contribution in [3.05, 3.63) is 45.6 Å². The Kier molecular flexibility index (Phi) is 6.61. The van der Waals surface area contributed by atoms with Crippen LogP contribution in [0, 0.1) is 23.0 Å². The Hall–Kier alpha value is -0.456. The SMILES string of the molecule is CC1=[C-]C(C)(C)C(C)=C1C.CC1=[C-]C(C)(C)C(C)=C1C.[V+2]. The van der Waals surface area contributed by atoms with Crippen LogP contribution < -0.4 is 0 Å². The van der Waals surface area contributed by atoms with Crippen LogP contribution in [0.3, 0.4) is 0 Å². The molecule has 0 spiro atoms. The van der Waals surface area contributed by atoms with Gasteiger partial charge in [-0.05, 0) is 0 Å². The third kappa shape index (κ3) is 4.27. The summed E-state index contributed by atoms with van der Waals surface area (Å²) in [4.78, 5) is 0. The number of hydrogen-bond acceptors (Lipinski definition) is 0. The minimum Gasteiger partial charge on any atom is -0.263 e. The number of rotatable bonds is 0. The normalized spacial score (nSPS) is 22.4. The van der Waals surface area contributed by atoms with E-state index in [-0.39, 0.29) is 29.4 Å². The summed E-state index contributed by atoms with van der Waals surface area (Å²) < 4.78 is 0. The number of allylic oxidation sites excluding steroid dienone is 8. The minimum atomic E-state index is 0. The van der Waals surface area contributed by atoms with E-state index in [4.69, 9.17) is 0 Å². The maximum absolute atomic E-state index is 3.44. The minimum absolute atomic E-state index is 0. The first kappa shape index (κ1) is 20.5. The molecule has 21 heavy (non-hydrogen) atoms. The predicted octanol–water partition coefficient (Wildman–Crippen LogP) is 6.22. The molecular formula is C20H30V. The molecule has 0 amide bonds. The molecule has 0 saturated heterocycles. The summed E-state index contributed by atoms with van der Waals surface area (Å²) in [5.41, 5.74) is 8.79. The first-order chi connectivity index (χ1) is 8.90. The van der Waals surface area contributed by atoms with Crippen LogP contribution in [-0.2, 0) is 18.6 Å². The third-order valence-electron chi connectivity index (χ3n) is 5.12. The summed E-state index contributed by atoms with van der Waals surface area (Å²) in [6.45, 7) is 21.8. The van der Waals surface area contributed by atoms with E-state index in [0.29, 0.717) is 0 Å². The van der Waals surface area contributed by atoms with Gasteiger partial charge >= 0.3 is 18.6 Å². The standard InChI is InChI=1S/2C10H15.V/c2*1-7-6-10(4,5)9(3)8(7)2;/h2*1-5H3;/q2*-1;+2. The van der Waals surface area contributed by atoms with E-state index in [1.807, 2.05) is 0 Å². The van der Waals surface area contributed by atoms with Gasteiger partial charge in [-0.1, -0.05) is 66.2 Å². The van der Waals surface area contributed by atoms with Crippen LogP contribution in [0.15, 0.2) is 33.4 Å². The van der Waals surface area contributed by atoms with Gasteiger partial charge in [-0.25, -0.2) is 11.1 Å². The fraction of sp³-hybridized carbons (Fsp3) is 0.600. The third-order valence-corrected chi connectivity index (χ3v) is 5.12. The average molecular weight is 321 g/mol. The molecule has 1 heteroatoms. The van der Waals surface area contributed by atoms with Crippen molar-refractivity contribution in [1.82, 2.24) is 0 Å². The zero-order chi connectivity index (χ0) is 15.9. The van der Waals surface area contributed by atoms with E-state index in [1.165, 1.54) is 33.4 Å². The second kappa shape index (κ2) is 6.75.